The first kappa shape index (κ1) is 13.5. The first-order valence-corrected chi connectivity index (χ1v) is 6.18. The minimum Gasteiger partial charge on any atom is -0.487 e. The second kappa shape index (κ2) is 5.84. The molecule has 1 aromatic carbocycles. The molecule has 1 heterocycles. The van der Waals surface area contributed by atoms with Crippen molar-refractivity contribution in [1.29, 1.82) is 0 Å². The average Bonchev–Trinajstić information content (AvgIpc) is 2.81. The Morgan fingerprint density at radius 3 is 2.84 bits per heavy atom. The van der Waals surface area contributed by atoms with E-state index in [1.807, 2.05) is 33.3 Å². The molecule has 1 N–H and O–H groups in total. The van der Waals surface area contributed by atoms with Crippen LogP contribution in [0.2, 0.25) is 0 Å². The van der Waals surface area contributed by atoms with Crippen molar-refractivity contribution in [3.63, 3.8) is 0 Å². The molecule has 0 radical (unpaired) electrons. The summed E-state index contributed by atoms with van der Waals surface area (Å²) >= 11 is 0. The molecule has 0 aliphatic heterocycles. The molecule has 2 rings (SSSR count). The molecule has 1 unspecified atom stereocenters. The first-order valence-electron chi connectivity index (χ1n) is 6.18. The lowest BCUT2D eigenvalue weighted by Gasteiger charge is -2.16. The van der Waals surface area contributed by atoms with Crippen molar-refractivity contribution in [1.82, 2.24) is 15.1 Å². The zero-order valence-corrected chi connectivity index (χ0v) is 11.4. The topological polar surface area (TPSA) is 39.1 Å². The fourth-order valence-corrected chi connectivity index (χ4v) is 1.84. The molecule has 0 saturated heterocycles. The summed E-state index contributed by atoms with van der Waals surface area (Å²) in [5.74, 6) is 0.246. The van der Waals surface area contributed by atoms with E-state index in [0.29, 0.717) is 12.4 Å². The SMILES string of the molecule is CNC(C)c1ccc(F)cc1OCc1ccn(C)n1. The molecule has 2 aromatic rings. The summed E-state index contributed by atoms with van der Waals surface area (Å²) < 4.78 is 20.7. The lowest BCUT2D eigenvalue weighted by atomic mass is 10.1. The van der Waals surface area contributed by atoms with Gasteiger partial charge in [-0.3, -0.25) is 4.68 Å². The largest absolute Gasteiger partial charge is 0.487 e. The summed E-state index contributed by atoms with van der Waals surface area (Å²) in [6.45, 7) is 2.33. The van der Waals surface area contributed by atoms with Gasteiger partial charge in [0.25, 0.3) is 0 Å². The van der Waals surface area contributed by atoms with Gasteiger partial charge in [0.15, 0.2) is 0 Å². The van der Waals surface area contributed by atoms with Gasteiger partial charge in [-0.25, -0.2) is 4.39 Å². The summed E-state index contributed by atoms with van der Waals surface area (Å²) in [5, 5.41) is 7.35. The Labute approximate surface area is 112 Å². The second-order valence-corrected chi connectivity index (χ2v) is 4.46. The summed E-state index contributed by atoms with van der Waals surface area (Å²) in [6, 6.07) is 6.56. The van der Waals surface area contributed by atoms with E-state index in [2.05, 4.69) is 10.4 Å². The number of nitrogens with zero attached hydrogens (tertiary/aromatic N) is 2. The molecule has 0 amide bonds. The predicted molar refractivity (Wildman–Crippen MR) is 71.4 cm³/mol. The van der Waals surface area contributed by atoms with Crippen molar-refractivity contribution in [3.8, 4) is 5.75 Å². The van der Waals surface area contributed by atoms with E-state index in [1.54, 1.807) is 10.7 Å². The van der Waals surface area contributed by atoms with Gasteiger partial charge in [-0.1, -0.05) is 6.07 Å². The van der Waals surface area contributed by atoms with Crippen molar-refractivity contribution in [2.75, 3.05) is 7.05 Å². The Morgan fingerprint density at radius 1 is 1.42 bits per heavy atom. The molecule has 0 aliphatic rings. The van der Waals surface area contributed by atoms with Crippen LogP contribution in [0.5, 0.6) is 5.75 Å². The number of ether oxygens (including phenoxy) is 1. The Kier molecular flexibility index (Phi) is 4.16. The van der Waals surface area contributed by atoms with E-state index < -0.39 is 0 Å². The fourth-order valence-electron chi connectivity index (χ4n) is 1.84. The van der Waals surface area contributed by atoms with Gasteiger partial charge < -0.3 is 10.1 Å². The molecule has 0 spiro atoms. The molecule has 0 fully saturated rings. The third kappa shape index (κ3) is 3.32. The van der Waals surface area contributed by atoms with Gasteiger partial charge in [0.1, 0.15) is 18.2 Å². The van der Waals surface area contributed by atoms with Crippen LogP contribution in [-0.4, -0.2) is 16.8 Å². The number of halogens is 1. The maximum atomic E-state index is 13.3. The Bertz CT molecular complexity index is 553. The molecule has 0 bridgehead atoms. The number of nitrogens with one attached hydrogen (secondary N) is 1. The first-order chi connectivity index (χ1) is 9.10. The zero-order chi connectivity index (χ0) is 13.8. The molecule has 5 heteroatoms. The highest BCUT2D eigenvalue weighted by molar-refractivity contribution is 5.36. The maximum absolute atomic E-state index is 13.3. The van der Waals surface area contributed by atoms with Gasteiger partial charge in [0, 0.05) is 30.9 Å². The van der Waals surface area contributed by atoms with Crippen LogP contribution in [-0.2, 0) is 13.7 Å². The lowest BCUT2D eigenvalue weighted by molar-refractivity contribution is 0.292. The van der Waals surface area contributed by atoms with Gasteiger partial charge in [0.2, 0.25) is 0 Å². The number of aryl methyl sites for hydroxylation is 1. The van der Waals surface area contributed by atoms with E-state index in [0.717, 1.165) is 11.3 Å². The molecular formula is C14H18FN3O. The highest BCUT2D eigenvalue weighted by atomic mass is 19.1. The van der Waals surface area contributed by atoms with Crippen molar-refractivity contribution in [2.45, 2.75) is 19.6 Å². The third-order valence-corrected chi connectivity index (χ3v) is 3.02. The average molecular weight is 263 g/mol. The van der Waals surface area contributed by atoms with Crippen molar-refractivity contribution in [3.05, 3.63) is 47.5 Å². The van der Waals surface area contributed by atoms with Gasteiger partial charge in [-0.15, -0.1) is 0 Å². The van der Waals surface area contributed by atoms with Gasteiger partial charge >= 0.3 is 0 Å². The van der Waals surface area contributed by atoms with Crippen molar-refractivity contribution in [2.24, 2.45) is 7.05 Å². The smallest absolute Gasteiger partial charge is 0.132 e. The van der Waals surface area contributed by atoms with E-state index >= 15 is 0 Å². The summed E-state index contributed by atoms with van der Waals surface area (Å²) in [5.41, 5.74) is 1.75. The van der Waals surface area contributed by atoms with Gasteiger partial charge in [-0.05, 0) is 26.1 Å². The molecule has 0 saturated carbocycles. The second-order valence-electron chi connectivity index (χ2n) is 4.46. The standard InChI is InChI=1S/C14H18FN3O/c1-10(16-2)13-5-4-11(15)8-14(13)19-9-12-6-7-18(3)17-12/h4-8,10,16H,9H2,1-3H3. The number of aromatic nitrogens is 2. The van der Waals surface area contributed by atoms with Crippen LogP contribution in [0.15, 0.2) is 30.5 Å². The molecule has 4 nitrogen and oxygen atoms in total. The predicted octanol–water partition coefficient (Wildman–Crippen LogP) is 2.42. The number of benzene rings is 1. The molecule has 1 atom stereocenters. The number of rotatable bonds is 5. The van der Waals surface area contributed by atoms with Crippen LogP contribution in [0.4, 0.5) is 4.39 Å². The Morgan fingerprint density at radius 2 is 2.21 bits per heavy atom. The Hall–Kier alpha value is -1.88. The van der Waals surface area contributed by atoms with Crippen LogP contribution in [0.3, 0.4) is 0 Å². The lowest BCUT2D eigenvalue weighted by Crippen LogP contribution is -2.14. The third-order valence-electron chi connectivity index (χ3n) is 3.02. The van der Waals surface area contributed by atoms with Crippen molar-refractivity contribution < 1.29 is 9.13 Å². The molecule has 19 heavy (non-hydrogen) atoms. The minimum atomic E-state index is -0.303. The highest BCUT2D eigenvalue weighted by Crippen LogP contribution is 2.26. The quantitative estimate of drug-likeness (QED) is 0.900. The number of hydrogen-bond acceptors (Lipinski definition) is 3. The summed E-state index contributed by atoms with van der Waals surface area (Å²) in [4.78, 5) is 0. The highest BCUT2D eigenvalue weighted by Gasteiger charge is 2.11. The molecule has 1 aromatic heterocycles. The van der Waals surface area contributed by atoms with E-state index in [4.69, 9.17) is 4.74 Å². The Balaban J connectivity index is 2.16. The van der Waals surface area contributed by atoms with Crippen LogP contribution in [0, 0.1) is 5.82 Å². The summed E-state index contributed by atoms with van der Waals surface area (Å²) in [7, 11) is 3.71. The van der Waals surface area contributed by atoms with Crippen molar-refractivity contribution >= 4 is 0 Å². The van der Waals surface area contributed by atoms with Crippen LogP contribution < -0.4 is 10.1 Å². The number of hydrogen-bond donors (Lipinski definition) is 1. The van der Waals surface area contributed by atoms with Crippen LogP contribution in [0.1, 0.15) is 24.2 Å². The van der Waals surface area contributed by atoms with E-state index in [-0.39, 0.29) is 11.9 Å². The monoisotopic (exact) mass is 263 g/mol. The maximum Gasteiger partial charge on any atom is 0.132 e. The summed E-state index contributed by atoms with van der Waals surface area (Å²) in [6.07, 6.45) is 1.85. The van der Waals surface area contributed by atoms with Crippen LogP contribution in [0.25, 0.3) is 0 Å². The molecule has 0 aliphatic carbocycles. The van der Waals surface area contributed by atoms with E-state index in [9.17, 15) is 4.39 Å². The van der Waals surface area contributed by atoms with Gasteiger partial charge in [-0.2, -0.15) is 5.10 Å². The van der Waals surface area contributed by atoms with Crippen LogP contribution >= 0.6 is 0 Å². The van der Waals surface area contributed by atoms with Gasteiger partial charge in [0.05, 0.1) is 5.69 Å². The zero-order valence-electron chi connectivity index (χ0n) is 11.4. The minimum absolute atomic E-state index is 0.0966. The fraction of sp³-hybridized carbons (Fsp3) is 0.357. The molecular weight excluding hydrogens is 245 g/mol. The normalized spacial score (nSPS) is 12.4. The molecule has 102 valence electrons. The van der Waals surface area contributed by atoms with E-state index in [1.165, 1.54) is 12.1 Å².